The summed E-state index contributed by atoms with van der Waals surface area (Å²) >= 11 is 0. The molecule has 1 rings (SSSR count). The quantitative estimate of drug-likeness (QED) is 0.787. The maximum Gasteiger partial charge on any atom is 0.147 e. The average molecular weight is 248 g/mol. The molecule has 0 amide bonds. The SMILES string of the molecule is CC1CNC(C)(C)CN1CCCS(C)(=O)=O. The zero-order chi connectivity index (χ0) is 12.4. The fraction of sp³-hybridized carbons (Fsp3) is 1.00. The van der Waals surface area contributed by atoms with Crippen LogP contribution in [-0.4, -0.2) is 56.5 Å². The minimum absolute atomic E-state index is 0.137. The molecule has 0 spiro atoms. The number of piperazine rings is 1. The summed E-state index contributed by atoms with van der Waals surface area (Å²) in [5, 5.41) is 3.48. The maximum absolute atomic E-state index is 11.1. The van der Waals surface area contributed by atoms with E-state index in [0.717, 1.165) is 26.1 Å². The Morgan fingerprint density at radius 3 is 2.62 bits per heavy atom. The van der Waals surface area contributed by atoms with Gasteiger partial charge in [0.1, 0.15) is 9.84 Å². The summed E-state index contributed by atoms with van der Waals surface area (Å²) in [6, 6.07) is 0.493. The van der Waals surface area contributed by atoms with E-state index in [1.165, 1.54) is 6.26 Å². The van der Waals surface area contributed by atoms with E-state index in [1.54, 1.807) is 0 Å². The van der Waals surface area contributed by atoms with Crippen LogP contribution in [0.5, 0.6) is 0 Å². The van der Waals surface area contributed by atoms with Crippen LogP contribution in [0.4, 0.5) is 0 Å². The maximum atomic E-state index is 11.1. The zero-order valence-electron chi connectivity index (χ0n) is 10.8. The monoisotopic (exact) mass is 248 g/mol. The minimum Gasteiger partial charge on any atom is -0.309 e. The standard InChI is InChI=1S/C11H24N2O2S/c1-10-8-12-11(2,3)9-13(10)6-5-7-16(4,14)15/h10,12H,5-9H2,1-4H3. The van der Waals surface area contributed by atoms with Gasteiger partial charge in [0, 0.05) is 30.9 Å². The van der Waals surface area contributed by atoms with Crippen molar-refractivity contribution in [2.45, 2.75) is 38.8 Å². The molecule has 1 heterocycles. The summed E-state index contributed by atoms with van der Waals surface area (Å²) in [6.45, 7) is 9.39. The van der Waals surface area contributed by atoms with Crippen molar-refractivity contribution >= 4 is 9.84 Å². The third-order valence-corrected chi connectivity index (χ3v) is 4.09. The Balaban J connectivity index is 2.40. The van der Waals surface area contributed by atoms with E-state index in [1.807, 2.05) is 0 Å². The van der Waals surface area contributed by atoms with E-state index in [2.05, 4.69) is 31.0 Å². The average Bonchev–Trinajstić information content (AvgIpc) is 2.09. The summed E-state index contributed by atoms with van der Waals surface area (Å²) in [5.74, 6) is 0.296. The number of sulfone groups is 1. The highest BCUT2D eigenvalue weighted by Gasteiger charge is 2.29. The summed E-state index contributed by atoms with van der Waals surface area (Å²) in [6.07, 6.45) is 2.04. The van der Waals surface area contributed by atoms with E-state index in [4.69, 9.17) is 0 Å². The van der Waals surface area contributed by atoms with E-state index < -0.39 is 9.84 Å². The van der Waals surface area contributed by atoms with E-state index in [9.17, 15) is 8.42 Å². The molecule has 1 atom stereocenters. The van der Waals surface area contributed by atoms with Gasteiger partial charge >= 0.3 is 0 Å². The Morgan fingerprint density at radius 2 is 2.06 bits per heavy atom. The molecule has 0 saturated carbocycles. The van der Waals surface area contributed by atoms with Crippen molar-refractivity contribution in [2.24, 2.45) is 0 Å². The van der Waals surface area contributed by atoms with Crippen molar-refractivity contribution < 1.29 is 8.42 Å². The summed E-state index contributed by atoms with van der Waals surface area (Å²) in [5.41, 5.74) is 0.137. The molecule has 4 nitrogen and oxygen atoms in total. The number of hydrogen-bond acceptors (Lipinski definition) is 4. The minimum atomic E-state index is -2.81. The third kappa shape index (κ3) is 4.80. The summed E-state index contributed by atoms with van der Waals surface area (Å²) in [4.78, 5) is 2.38. The van der Waals surface area contributed by atoms with E-state index >= 15 is 0 Å². The largest absolute Gasteiger partial charge is 0.309 e. The normalized spacial score (nSPS) is 26.9. The van der Waals surface area contributed by atoms with Gasteiger partial charge in [-0.25, -0.2) is 8.42 Å². The number of rotatable bonds is 4. The number of hydrogen-bond donors (Lipinski definition) is 1. The lowest BCUT2D eigenvalue weighted by Crippen LogP contribution is -2.60. The highest BCUT2D eigenvalue weighted by atomic mass is 32.2. The van der Waals surface area contributed by atoms with Gasteiger partial charge in [-0.15, -0.1) is 0 Å². The van der Waals surface area contributed by atoms with Crippen LogP contribution in [-0.2, 0) is 9.84 Å². The molecule has 0 aromatic carbocycles. The van der Waals surface area contributed by atoms with E-state index in [-0.39, 0.29) is 5.54 Å². The van der Waals surface area contributed by atoms with Crippen LogP contribution in [0.3, 0.4) is 0 Å². The first kappa shape index (κ1) is 13.9. The molecule has 1 N–H and O–H groups in total. The Morgan fingerprint density at radius 1 is 1.44 bits per heavy atom. The lowest BCUT2D eigenvalue weighted by molar-refractivity contribution is 0.105. The van der Waals surface area contributed by atoms with Gasteiger partial charge in [-0.3, -0.25) is 4.90 Å². The molecule has 1 fully saturated rings. The molecule has 16 heavy (non-hydrogen) atoms. The Bertz CT molecular complexity index is 325. The van der Waals surface area contributed by atoms with Crippen molar-refractivity contribution in [3.63, 3.8) is 0 Å². The number of nitrogens with zero attached hydrogens (tertiary/aromatic N) is 1. The molecule has 1 unspecified atom stereocenters. The van der Waals surface area contributed by atoms with Gasteiger partial charge in [0.2, 0.25) is 0 Å². The van der Waals surface area contributed by atoms with Gasteiger partial charge in [-0.2, -0.15) is 0 Å². The summed E-state index contributed by atoms with van der Waals surface area (Å²) in [7, 11) is -2.81. The molecule has 96 valence electrons. The molecular weight excluding hydrogens is 224 g/mol. The van der Waals surface area contributed by atoms with Crippen LogP contribution >= 0.6 is 0 Å². The van der Waals surface area contributed by atoms with Crippen LogP contribution in [0.2, 0.25) is 0 Å². The molecule has 0 aromatic rings. The molecule has 0 aliphatic carbocycles. The molecular formula is C11H24N2O2S. The van der Waals surface area contributed by atoms with Crippen LogP contribution in [0.25, 0.3) is 0 Å². The van der Waals surface area contributed by atoms with Crippen molar-refractivity contribution in [1.82, 2.24) is 10.2 Å². The summed E-state index contributed by atoms with van der Waals surface area (Å²) < 4.78 is 22.1. The highest BCUT2D eigenvalue weighted by molar-refractivity contribution is 7.90. The Labute approximate surface area is 99.3 Å². The number of nitrogens with one attached hydrogen (secondary N) is 1. The van der Waals surface area contributed by atoms with Crippen LogP contribution < -0.4 is 5.32 Å². The van der Waals surface area contributed by atoms with Crippen molar-refractivity contribution in [1.29, 1.82) is 0 Å². The smallest absolute Gasteiger partial charge is 0.147 e. The van der Waals surface area contributed by atoms with Gasteiger partial charge in [0.05, 0.1) is 5.75 Å². The lowest BCUT2D eigenvalue weighted by atomic mass is 9.99. The van der Waals surface area contributed by atoms with Gasteiger partial charge in [0.25, 0.3) is 0 Å². The van der Waals surface area contributed by atoms with Gasteiger partial charge in [-0.05, 0) is 33.7 Å². The van der Waals surface area contributed by atoms with Crippen molar-refractivity contribution in [2.75, 3.05) is 31.6 Å². The fourth-order valence-electron chi connectivity index (χ4n) is 2.10. The third-order valence-electron chi connectivity index (χ3n) is 3.06. The van der Waals surface area contributed by atoms with Crippen LogP contribution in [0, 0.1) is 0 Å². The first-order valence-corrected chi connectivity index (χ1v) is 7.92. The predicted molar refractivity (Wildman–Crippen MR) is 67.4 cm³/mol. The van der Waals surface area contributed by atoms with E-state index in [0.29, 0.717) is 11.8 Å². The van der Waals surface area contributed by atoms with Gasteiger partial charge in [0.15, 0.2) is 0 Å². The molecule has 1 aliphatic rings. The Kier molecular flexibility index (Phi) is 4.37. The molecule has 0 radical (unpaired) electrons. The first-order chi connectivity index (χ1) is 7.20. The van der Waals surface area contributed by atoms with Crippen LogP contribution in [0.15, 0.2) is 0 Å². The van der Waals surface area contributed by atoms with Crippen molar-refractivity contribution in [3.05, 3.63) is 0 Å². The van der Waals surface area contributed by atoms with Crippen molar-refractivity contribution in [3.8, 4) is 0 Å². The van der Waals surface area contributed by atoms with Gasteiger partial charge < -0.3 is 5.32 Å². The second-order valence-corrected chi connectivity index (χ2v) is 7.83. The molecule has 0 bridgehead atoms. The molecule has 1 aliphatic heterocycles. The Hall–Kier alpha value is -0.130. The highest BCUT2D eigenvalue weighted by Crippen LogP contribution is 2.15. The molecule has 1 saturated heterocycles. The molecule has 5 heteroatoms. The zero-order valence-corrected chi connectivity index (χ0v) is 11.6. The first-order valence-electron chi connectivity index (χ1n) is 5.86. The van der Waals surface area contributed by atoms with Gasteiger partial charge in [-0.1, -0.05) is 0 Å². The molecule has 0 aromatic heterocycles. The second-order valence-electron chi connectivity index (χ2n) is 5.57. The predicted octanol–water partition coefficient (Wildman–Crippen LogP) is 0.493. The second kappa shape index (κ2) is 5.02. The lowest BCUT2D eigenvalue weighted by Gasteiger charge is -2.43. The fourth-order valence-corrected chi connectivity index (χ4v) is 2.76. The topological polar surface area (TPSA) is 49.4 Å². The van der Waals surface area contributed by atoms with Crippen LogP contribution in [0.1, 0.15) is 27.2 Å².